The van der Waals surface area contributed by atoms with Gasteiger partial charge >= 0.3 is 0 Å². The zero-order valence-corrected chi connectivity index (χ0v) is 14.1. The monoisotopic (exact) mass is 312 g/mol. The van der Waals surface area contributed by atoms with Gasteiger partial charge in [-0.05, 0) is 57.0 Å². The molecular formula is C19H24N2O2. The molecule has 0 aliphatic heterocycles. The van der Waals surface area contributed by atoms with Crippen molar-refractivity contribution in [2.75, 3.05) is 17.2 Å². The van der Waals surface area contributed by atoms with Crippen LogP contribution in [0.25, 0.3) is 0 Å². The molecule has 0 aromatic heterocycles. The molecule has 2 aromatic carbocycles. The van der Waals surface area contributed by atoms with E-state index >= 15 is 0 Å². The molecule has 2 rings (SSSR count). The fraction of sp³-hybridized carbons (Fsp3) is 0.316. The van der Waals surface area contributed by atoms with Crippen molar-refractivity contribution in [3.05, 3.63) is 53.6 Å². The van der Waals surface area contributed by atoms with Crippen molar-refractivity contribution in [3.63, 3.8) is 0 Å². The number of ether oxygens (including phenoxy) is 1. The highest BCUT2D eigenvalue weighted by atomic mass is 16.5. The van der Waals surface area contributed by atoms with Crippen molar-refractivity contribution in [1.29, 1.82) is 0 Å². The van der Waals surface area contributed by atoms with Gasteiger partial charge < -0.3 is 15.4 Å². The molecule has 0 bridgehead atoms. The van der Waals surface area contributed by atoms with Crippen molar-refractivity contribution in [2.45, 2.75) is 33.7 Å². The van der Waals surface area contributed by atoms with E-state index in [1.54, 1.807) is 0 Å². The molecule has 0 saturated carbocycles. The summed E-state index contributed by atoms with van der Waals surface area (Å²) in [7, 11) is 0. The zero-order valence-electron chi connectivity index (χ0n) is 14.1. The maximum absolute atomic E-state index is 12.4. The smallest absolute Gasteiger partial charge is 0.246 e. The van der Waals surface area contributed by atoms with Crippen LogP contribution in [0.4, 0.5) is 11.4 Å². The van der Waals surface area contributed by atoms with E-state index in [0.717, 1.165) is 11.3 Å². The highest BCUT2D eigenvalue weighted by molar-refractivity contribution is 5.97. The van der Waals surface area contributed by atoms with Gasteiger partial charge in [0.1, 0.15) is 11.8 Å². The summed E-state index contributed by atoms with van der Waals surface area (Å²) in [6.07, 6.45) is 0. The van der Waals surface area contributed by atoms with Crippen LogP contribution < -0.4 is 15.4 Å². The summed E-state index contributed by atoms with van der Waals surface area (Å²) in [4.78, 5) is 12.4. The summed E-state index contributed by atoms with van der Waals surface area (Å²) >= 11 is 0. The first-order chi connectivity index (χ1) is 11.0. The summed E-state index contributed by atoms with van der Waals surface area (Å²) < 4.78 is 5.54. The van der Waals surface area contributed by atoms with E-state index in [1.165, 1.54) is 5.56 Å². The Morgan fingerprint density at radius 2 is 1.78 bits per heavy atom. The summed E-state index contributed by atoms with van der Waals surface area (Å²) in [5, 5.41) is 6.19. The lowest BCUT2D eigenvalue weighted by Crippen LogP contribution is -2.32. The van der Waals surface area contributed by atoms with Gasteiger partial charge in [-0.2, -0.15) is 0 Å². The van der Waals surface area contributed by atoms with Gasteiger partial charge in [-0.3, -0.25) is 4.79 Å². The van der Waals surface area contributed by atoms with Crippen molar-refractivity contribution < 1.29 is 9.53 Å². The van der Waals surface area contributed by atoms with Crippen LogP contribution in [0, 0.1) is 13.8 Å². The third-order valence-corrected chi connectivity index (χ3v) is 3.81. The maximum Gasteiger partial charge on any atom is 0.246 e. The Balaban J connectivity index is 2.07. The van der Waals surface area contributed by atoms with Gasteiger partial charge in [0.15, 0.2) is 0 Å². The van der Waals surface area contributed by atoms with Gasteiger partial charge in [-0.1, -0.05) is 24.3 Å². The average Bonchev–Trinajstić information content (AvgIpc) is 2.54. The minimum absolute atomic E-state index is 0.0990. The number of amides is 1. The molecule has 23 heavy (non-hydrogen) atoms. The normalized spacial score (nSPS) is 11.7. The summed E-state index contributed by atoms with van der Waals surface area (Å²) in [5.74, 6) is 0.584. The Morgan fingerprint density at radius 1 is 1.09 bits per heavy atom. The van der Waals surface area contributed by atoms with Gasteiger partial charge in [-0.15, -0.1) is 0 Å². The molecule has 122 valence electrons. The molecule has 2 N–H and O–H groups in total. The van der Waals surface area contributed by atoms with E-state index in [4.69, 9.17) is 4.74 Å². The van der Waals surface area contributed by atoms with Gasteiger partial charge in [0.05, 0.1) is 12.3 Å². The Kier molecular flexibility index (Phi) is 5.63. The highest BCUT2D eigenvalue weighted by Gasteiger charge is 2.15. The third kappa shape index (κ3) is 4.25. The van der Waals surface area contributed by atoms with Gasteiger partial charge in [0.25, 0.3) is 0 Å². The molecule has 0 heterocycles. The van der Waals surface area contributed by atoms with Crippen LogP contribution >= 0.6 is 0 Å². The predicted molar refractivity (Wildman–Crippen MR) is 95.2 cm³/mol. The van der Waals surface area contributed by atoms with E-state index in [2.05, 4.69) is 23.6 Å². The van der Waals surface area contributed by atoms with Crippen LogP contribution in [0.3, 0.4) is 0 Å². The van der Waals surface area contributed by atoms with Crippen LogP contribution in [0.2, 0.25) is 0 Å². The molecule has 1 atom stereocenters. The number of aryl methyl sites for hydroxylation is 1. The molecule has 4 heteroatoms. The molecule has 1 amide bonds. The van der Waals surface area contributed by atoms with Gasteiger partial charge in [-0.25, -0.2) is 0 Å². The van der Waals surface area contributed by atoms with Crippen LogP contribution in [-0.4, -0.2) is 18.6 Å². The molecule has 0 unspecified atom stereocenters. The van der Waals surface area contributed by atoms with Crippen LogP contribution in [-0.2, 0) is 4.79 Å². The van der Waals surface area contributed by atoms with Gasteiger partial charge in [0.2, 0.25) is 5.91 Å². The second-order valence-electron chi connectivity index (χ2n) is 5.53. The summed E-state index contributed by atoms with van der Waals surface area (Å²) in [6.45, 7) is 8.43. The minimum atomic E-state index is -0.356. The number of carbonyl (C=O) groups is 1. The minimum Gasteiger partial charge on any atom is -0.492 e. The van der Waals surface area contributed by atoms with Crippen LogP contribution in [0.15, 0.2) is 42.5 Å². The van der Waals surface area contributed by atoms with Crippen molar-refractivity contribution in [3.8, 4) is 5.75 Å². The number of para-hydroxylation sites is 2. The number of hydrogen-bond donors (Lipinski definition) is 2. The van der Waals surface area contributed by atoms with E-state index in [1.807, 2.05) is 57.2 Å². The van der Waals surface area contributed by atoms with Crippen LogP contribution in [0.1, 0.15) is 25.0 Å². The number of nitrogens with one attached hydrogen (secondary N) is 2. The number of carbonyl (C=O) groups excluding carboxylic acids is 1. The first kappa shape index (κ1) is 16.9. The van der Waals surface area contributed by atoms with E-state index in [-0.39, 0.29) is 11.9 Å². The molecule has 4 nitrogen and oxygen atoms in total. The quantitative estimate of drug-likeness (QED) is 0.843. The Labute approximate surface area is 137 Å². The Hall–Kier alpha value is -2.49. The SMILES string of the molecule is CCOc1ccccc1NC(=O)[C@@H](C)Nc1cccc(C)c1C. The van der Waals surface area contributed by atoms with Crippen molar-refractivity contribution in [1.82, 2.24) is 0 Å². The Morgan fingerprint density at radius 3 is 2.52 bits per heavy atom. The number of hydrogen-bond acceptors (Lipinski definition) is 3. The topological polar surface area (TPSA) is 50.4 Å². The largest absolute Gasteiger partial charge is 0.492 e. The number of benzene rings is 2. The molecule has 0 aliphatic rings. The maximum atomic E-state index is 12.4. The van der Waals surface area contributed by atoms with E-state index < -0.39 is 0 Å². The van der Waals surface area contributed by atoms with Crippen LogP contribution in [0.5, 0.6) is 5.75 Å². The van der Waals surface area contributed by atoms with Crippen molar-refractivity contribution in [2.24, 2.45) is 0 Å². The molecular weight excluding hydrogens is 288 g/mol. The first-order valence-electron chi connectivity index (χ1n) is 7.88. The van der Waals surface area contributed by atoms with E-state index in [9.17, 15) is 4.79 Å². The lowest BCUT2D eigenvalue weighted by atomic mass is 10.1. The average molecular weight is 312 g/mol. The first-order valence-corrected chi connectivity index (χ1v) is 7.88. The predicted octanol–water partition coefficient (Wildman–Crippen LogP) is 4.14. The fourth-order valence-corrected chi connectivity index (χ4v) is 2.30. The molecule has 0 aliphatic carbocycles. The number of rotatable bonds is 6. The van der Waals surface area contributed by atoms with Gasteiger partial charge in [0, 0.05) is 5.69 Å². The molecule has 0 saturated heterocycles. The standard InChI is InChI=1S/C19H24N2O2/c1-5-23-18-12-7-6-10-17(18)21-19(22)15(4)20-16-11-8-9-13(2)14(16)3/h6-12,15,20H,5H2,1-4H3,(H,21,22)/t15-/m1/s1. The molecule has 0 radical (unpaired) electrons. The fourth-order valence-electron chi connectivity index (χ4n) is 2.30. The summed E-state index contributed by atoms with van der Waals surface area (Å²) in [6, 6.07) is 13.1. The lowest BCUT2D eigenvalue weighted by molar-refractivity contribution is -0.116. The Bertz CT molecular complexity index is 683. The van der Waals surface area contributed by atoms with Crippen molar-refractivity contribution >= 4 is 17.3 Å². The molecule has 2 aromatic rings. The second-order valence-corrected chi connectivity index (χ2v) is 5.53. The zero-order chi connectivity index (χ0) is 16.8. The number of anilines is 2. The van der Waals surface area contributed by atoms with E-state index in [0.29, 0.717) is 18.0 Å². The third-order valence-electron chi connectivity index (χ3n) is 3.81. The highest BCUT2D eigenvalue weighted by Crippen LogP contribution is 2.24. The summed E-state index contributed by atoms with van der Waals surface area (Å²) in [5.41, 5.74) is 4.02. The lowest BCUT2D eigenvalue weighted by Gasteiger charge is -2.18. The molecule has 0 fully saturated rings. The second kappa shape index (κ2) is 7.68. The molecule has 0 spiro atoms.